The van der Waals surface area contributed by atoms with Crippen LogP contribution in [0, 0.1) is 0 Å². The fourth-order valence-electron chi connectivity index (χ4n) is 11.3. The van der Waals surface area contributed by atoms with E-state index >= 15 is 0 Å². The van der Waals surface area contributed by atoms with E-state index in [4.69, 9.17) is 99.1 Å². The molecule has 0 saturated heterocycles. The molecule has 120 heavy (non-hydrogen) atoms. The van der Waals surface area contributed by atoms with Crippen LogP contribution < -0.4 is 55.6 Å². The zero-order valence-electron chi connectivity index (χ0n) is 67.9. The number of hydrogen-bond donors (Lipinski definition) is 0. The minimum Gasteiger partial charge on any atom is -0.494 e. The van der Waals surface area contributed by atoms with Crippen LogP contribution in [0.4, 0.5) is 34.1 Å². The molecule has 612 valence electrons. The van der Waals surface area contributed by atoms with Crippen LogP contribution in [0.3, 0.4) is 0 Å². The first-order valence-electron chi connectivity index (χ1n) is 40.2. The van der Waals surface area contributed by atoms with Crippen molar-refractivity contribution in [2.24, 2.45) is 43.5 Å². The van der Waals surface area contributed by atoms with Gasteiger partial charge in [-0.15, -0.1) is 0 Å². The topological polar surface area (TPSA) is 222 Å². The molecule has 0 aliphatic carbocycles. The van der Waals surface area contributed by atoms with E-state index in [9.17, 15) is 0 Å². The molecule has 0 saturated carbocycles. The van der Waals surface area contributed by atoms with E-state index in [0.29, 0.717) is 39.6 Å². The molecule has 12 aromatic rings. The van der Waals surface area contributed by atoms with Crippen molar-refractivity contribution < 1.29 is 55.6 Å². The van der Waals surface area contributed by atoms with E-state index in [2.05, 4.69) is 41.5 Å². The molecule has 1 aliphatic heterocycles. The summed E-state index contributed by atoms with van der Waals surface area (Å²) in [4.78, 5) is 28.9. The summed E-state index contributed by atoms with van der Waals surface area (Å²) >= 11 is 0. The molecule has 21 nitrogen and oxygen atoms in total. The Morgan fingerprint density at radius 3 is 0.433 bits per heavy atom. The van der Waals surface area contributed by atoms with Gasteiger partial charge in [-0.25, -0.2) is 0 Å². The van der Waals surface area contributed by atoms with Gasteiger partial charge in [0.2, 0.25) is 0 Å². The number of ether oxygens (including phenoxy) is 6. The van der Waals surface area contributed by atoms with Gasteiger partial charge in [-0.1, -0.05) is 55.1 Å². The summed E-state index contributed by atoms with van der Waals surface area (Å²) in [6.45, 7) is 16.1. The van der Waals surface area contributed by atoms with E-state index in [0.717, 1.165) is 141 Å². The fourth-order valence-corrected chi connectivity index (χ4v) is 20.3. The molecule has 0 atom stereocenters. The summed E-state index contributed by atoms with van der Waals surface area (Å²) in [5.41, 5.74) is 8.95. The van der Waals surface area contributed by atoms with Gasteiger partial charge in [0.15, 0.2) is 0 Å². The zero-order chi connectivity index (χ0) is 82.9. The summed E-state index contributed by atoms with van der Waals surface area (Å²) in [5.74, 6) is 6.33. The second kappa shape index (κ2) is 43.4. The maximum Gasteiger partial charge on any atom is 0.460 e. The van der Waals surface area contributed by atoms with E-state index < -0.39 is 23.0 Å². The van der Waals surface area contributed by atoms with Crippen molar-refractivity contribution in [1.82, 2.24) is 0 Å². The highest BCUT2D eigenvalue weighted by Gasteiger charge is 2.49. The number of hydrogen-bond acceptors (Lipinski definition) is 21. The summed E-state index contributed by atoms with van der Waals surface area (Å²) in [6.07, 6.45) is 16.0. The lowest BCUT2D eigenvalue weighted by Gasteiger charge is -2.33. The van der Waals surface area contributed by atoms with E-state index in [1.54, 1.807) is 110 Å². The first kappa shape index (κ1) is 84.9. The number of benzene rings is 12. The molecular formula is C96H96N9O12P3. The molecular weight excluding hydrogens is 1560 g/mol. The third-order valence-electron chi connectivity index (χ3n) is 17.3. The van der Waals surface area contributed by atoms with Gasteiger partial charge in [0.25, 0.3) is 0 Å². The fraction of sp³-hybridized carbons (Fsp3) is 0.188. The number of rotatable bonds is 42. The minimum atomic E-state index is -4.52. The van der Waals surface area contributed by atoms with Crippen molar-refractivity contribution in [3.8, 4) is 69.0 Å². The molecule has 0 amide bonds. The predicted octanol–water partition coefficient (Wildman–Crippen LogP) is 27.5. The highest BCUT2D eigenvalue weighted by molar-refractivity contribution is 7.79. The predicted molar refractivity (Wildman–Crippen MR) is 487 cm³/mol. The van der Waals surface area contributed by atoms with E-state index in [1.807, 2.05) is 218 Å². The van der Waals surface area contributed by atoms with Gasteiger partial charge in [0.05, 0.1) is 73.8 Å². The van der Waals surface area contributed by atoms with Gasteiger partial charge < -0.3 is 55.6 Å². The largest absolute Gasteiger partial charge is 0.494 e. The van der Waals surface area contributed by atoms with Crippen molar-refractivity contribution in [2.75, 3.05) is 39.6 Å². The molecule has 0 unspecified atom stereocenters. The second-order valence-corrected chi connectivity index (χ2v) is 33.5. The maximum atomic E-state index is 7.45. The highest BCUT2D eigenvalue weighted by atomic mass is 31.3. The van der Waals surface area contributed by atoms with Gasteiger partial charge in [0, 0.05) is 37.3 Å². The first-order chi connectivity index (χ1) is 58.9. The molecule has 12 aromatic carbocycles. The van der Waals surface area contributed by atoms with E-state index in [-0.39, 0.29) is 34.5 Å². The second-order valence-electron chi connectivity index (χ2n) is 27.3. The average Bonchev–Trinajstić information content (AvgIpc) is 0.728. The summed E-state index contributed by atoms with van der Waals surface area (Å²) in [6, 6.07) is 89.9. The lowest BCUT2D eigenvalue weighted by Crippen LogP contribution is -2.11. The number of aliphatic imine (C=N–C) groups is 6. The van der Waals surface area contributed by atoms with Gasteiger partial charge in [0.1, 0.15) is 69.0 Å². The highest BCUT2D eigenvalue weighted by Crippen LogP contribution is 2.79. The molecule has 0 N–H and O–H groups in total. The Balaban J connectivity index is 0.980. The normalized spacial score (nSPS) is 15.8. The lowest BCUT2D eigenvalue weighted by molar-refractivity contribution is 0.317. The third-order valence-corrected chi connectivity index (χ3v) is 25.5. The van der Waals surface area contributed by atoms with Crippen LogP contribution >= 0.6 is 23.0 Å². The van der Waals surface area contributed by atoms with Crippen molar-refractivity contribution in [2.45, 2.75) is 80.1 Å². The Labute approximate surface area is 702 Å². The number of nitrogens with zero attached hydrogens (tertiary/aromatic N) is 9. The lowest BCUT2D eigenvalue weighted by atomic mass is 10.2. The SMILES string of the molecule is CCCOc1ccc(N=Cc2ccc(OP3(Oc4ccc(C=Nc5ccc(OCCC)cc5)cc4)=NP(Oc4ccc(C=Nc5ccc(OCCC)cc5)cc4)(Oc4ccc(C=Nc5ccc(OCCC)cc5)cc4)=NP(Oc4ccc(C=Nc5ccc(OCCC)cc5)cc4)(Oc4ccc(C=Nc5ccc(OCCC)cc5)cc4)=N3)cc2)cc1. The van der Waals surface area contributed by atoms with Gasteiger partial charge >= 0.3 is 23.0 Å². The van der Waals surface area contributed by atoms with Crippen molar-refractivity contribution >= 4 is 94.4 Å². The summed E-state index contributed by atoms with van der Waals surface area (Å²) in [5, 5.41) is 0. The Hall–Kier alpha value is -13.1. The zero-order valence-corrected chi connectivity index (χ0v) is 70.6. The molecule has 0 spiro atoms. The molecule has 0 radical (unpaired) electrons. The Bertz CT molecular complexity index is 4700. The van der Waals surface area contributed by atoms with Crippen LogP contribution in [0.25, 0.3) is 0 Å². The van der Waals surface area contributed by atoms with Crippen LogP contribution in [0.2, 0.25) is 0 Å². The van der Waals surface area contributed by atoms with Gasteiger partial charge in [-0.3, -0.25) is 30.0 Å². The van der Waals surface area contributed by atoms with Crippen LogP contribution in [0.1, 0.15) is 113 Å². The Kier molecular flexibility index (Phi) is 30.7. The molecule has 0 bridgehead atoms. The van der Waals surface area contributed by atoms with Crippen molar-refractivity contribution in [1.29, 1.82) is 0 Å². The Morgan fingerprint density at radius 1 is 0.183 bits per heavy atom. The minimum absolute atomic E-state index is 0.287. The third kappa shape index (κ3) is 26.0. The standard InChI is InChI=1S/C96H96N9O12P3/c1-7-61-106-85-49-25-79(26-50-85)97-67-73-13-37-91(38-14-73)112-118(113-92-39-15-74(16-40-92)68-98-80-27-51-86(52-28-80)107-62-8-2)103-119(114-93-41-17-75(18-42-93)69-99-81-29-53-87(54-30-81)108-63-9-3,115-94-43-19-76(20-44-94)70-100-82-31-55-88(56-32-82)109-64-10-4)105-120(104-118,116-95-45-21-77(22-46-95)71-101-83-33-57-89(58-34-83)110-65-11-5)117-96-47-23-78(24-48-96)72-102-84-35-59-90(60-36-84)111-66-12-6/h13-60,67-72H,7-12,61-66H2,1-6H3. The van der Waals surface area contributed by atoms with Crippen molar-refractivity contribution in [3.05, 3.63) is 325 Å². The molecule has 1 heterocycles. The molecule has 24 heteroatoms. The molecule has 0 fully saturated rings. The molecule has 1 aliphatic rings. The maximum absolute atomic E-state index is 7.45. The first-order valence-corrected chi connectivity index (χ1v) is 44.8. The monoisotopic (exact) mass is 1660 g/mol. The van der Waals surface area contributed by atoms with Crippen LogP contribution in [-0.2, 0) is 0 Å². The quantitative estimate of drug-likeness (QED) is 0.0257. The van der Waals surface area contributed by atoms with Crippen LogP contribution in [0.5, 0.6) is 69.0 Å². The molecule has 0 aromatic heterocycles. The average molecular weight is 1660 g/mol. The van der Waals surface area contributed by atoms with E-state index in [1.165, 1.54) is 0 Å². The summed E-state index contributed by atoms with van der Waals surface area (Å²) < 4.78 is 96.8. The van der Waals surface area contributed by atoms with Gasteiger partial charge in [-0.2, -0.15) is 0 Å². The Morgan fingerprint density at radius 2 is 0.308 bits per heavy atom. The van der Waals surface area contributed by atoms with Gasteiger partial charge in [-0.05, 0) is 363 Å². The van der Waals surface area contributed by atoms with Crippen molar-refractivity contribution in [3.63, 3.8) is 0 Å². The van der Waals surface area contributed by atoms with Crippen LogP contribution in [-0.4, -0.2) is 76.9 Å². The molecule has 13 rings (SSSR count). The summed E-state index contributed by atoms with van der Waals surface area (Å²) in [7, 11) is -13.6. The van der Waals surface area contributed by atoms with Crippen LogP contribution in [0.15, 0.2) is 335 Å². The smallest absolute Gasteiger partial charge is 0.460 e.